The van der Waals surface area contributed by atoms with Crippen LogP contribution in [0, 0.1) is 0 Å². The van der Waals surface area contributed by atoms with Crippen LogP contribution in [0.4, 0.5) is 5.82 Å². The van der Waals surface area contributed by atoms with E-state index >= 15 is 0 Å². The van der Waals surface area contributed by atoms with Crippen molar-refractivity contribution in [1.82, 2.24) is 25.2 Å². The zero-order valence-electron chi connectivity index (χ0n) is 12.4. The lowest BCUT2D eigenvalue weighted by Gasteiger charge is -2.30. The van der Waals surface area contributed by atoms with Gasteiger partial charge >= 0.3 is 0 Å². The van der Waals surface area contributed by atoms with Crippen LogP contribution in [-0.4, -0.2) is 58.0 Å². The summed E-state index contributed by atoms with van der Waals surface area (Å²) in [6.45, 7) is 3.73. The van der Waals surface area contributed by atoms with E-state index < -0.39 is 0 Å². The number of carbonyl (C=O) groups is 1. The van der Waals surface area contributed by atoms with Crippen LogP contribution in [0.15, 0.2) is 12.4 Å². The average molecular weight is 300 g/mol. The molecule has 2 saturated heterocycles. The summed E-state index contributed by atoms with van der Waals surface area (Å²) in [6, 6.07) is 0.418. The number of nitrogens with zero attached hydrogens (tertiary/aromatic N) is 3. The van der Waals surface area contributed by atoms with E-state index in [1.807, 2.05) is 4.90 Å². The monoisotopic (exact) mass is 300 g/mol. The first-order valence-electron chi connectivity index (χ1n) is 7.92. The van der Waals surface area contributed by atoms with Crippen LogP contribution in [0.1, 0.15) is 29.6 Å². The van der Waals surface area contributed by atoms with Gasteiger partial charge in [0.25, 0.3) is 5.91 Å². The smallest absolute Gasteiger partial charge is 0.257 e. The maximum absolute atomic E-state index is 12.4. The second-order valence-corrected chi connectivity index (χ2v) is 5.97. The lowest BCUT2D eigenvalue weighted by Crippen LogP contribution is -2.42. The Labute approximate surface area is 128 Å². The number of fused-ring (bicyclic) bond motifs is 1. The summed E-state index contributed by atoms with van der Waals surface area (Å²) in [5.41, 5.74) is 1.95. The lowest BCUT2D eigenvalue weighted by atomic mass is 10.1. The zero-order chi connectivity index (χ0) is 14.9. The molecule has 0 saturated carbocycles. The molecule has 7 heteroatoms. The number of aromatic amines is 1. The molecular weight excluding hydrogens is 280 g/mol. The Morgan fingerprint density at radius 1 is 1.32 bits per heavy atom. The van der Waals surface area contributed by atoms with Crippen molar-refractivity contribution >= 4 is 22.9 Å². The number of carbonyl (C=O) groups excluding carboxylic acids is 1. The molecule has 22 heavy (non-hydrogen) atoms. The Hall–Kier alpha value is -2.15. The number of rotatable bonds is 3. The Balaban J connectivity index is 1.59. The summed E-state index contributed by atoms with van der Waals surface area (Å²) in [7, 11) is 0. The predicted octanol–water partition coefficient (Wildman–Crippen LogP) is 0.968. The molecule has 3 N–H and O–H groups in total. The third-order valence-electron chi connectivity index (χ3n) is 4.45. The number of hydrogen-bond donors (Lipinski definition) is 3. The van der Waals surface area contributed by atoms with Crippen molar-refractivity contribution in [3.8, 4) is 0 Å². The van der Waals surface area contributed by atoms with E-state index in [2.05, 4.69) is 25.6 Å². The summed E-state index contributed by atoms with van der Waals surface area (Å²) in [6.07, 6.45) is 6.69. The van der Waals surface area contributed by atoms with E-state index in [1.165, 1.54) is 0 Å². The maximum Gasteiger partial charge on any atom is 0.257 e. The molecule has 4 heterocycles. The van der Waals surface area contributed by atoms with Gasteiger partial charge in [0, 0.05) is 25.3 Å². The second-order valence-electron chi connectivity index (χ2n) is 5.97. The summed E-state index contributed by atoms with van der Waals surface area (Å²) < 4.78 is 0. The molecule has 0 aliphatic carbocycles. The summed E-state index contributed by atoms with van der Waals surface area (Å²) in [5.74, 6) is 0.794. The van der Waals surface area contributed by atoms with Crippen LogP contribution >= 0.6 is 0 Å². The first kappa shape index (κ1) is 13.5. The topological polar surface area (TPSA) is 85.9 Å². The molecule has 116 valence electrons. The summed E-state index contributed by atoms with van der Waals surface area (Å²) in [5, 5.41) is 6.78. The molecule has 7 nitrogen and oxygen atoms in total. The molecule has 2 fully saturated rings. The fourth-order valence-corrected chi connectivity index (χ4v) is 2.99. The highest BCUT2D eigenvalue weighted by Gasteiger charge is 2.25. The minimum Gasteiger partial charge on any atom is -0.366 e. The van der Waals surface area contributed by atoms with Gasteiger partial charge < -0.3 is 20.5 Å². The van der Waals surface area contributed by atoms with Crippen LogP contribution in [-0.2, 0) is 0 Å². The fourth-order valence-electron chi connectivity index (χ4n) is 2.99. The molecule has 0 bridgehead atoms. The molecule has 0 spiro atoms. The SMILES string of the molecule is O=C(c1c[nH]c2ncc(NC3CCNCC3)nc12)N1CCC1. The van der Waals surface area contributed by atoms with Crippen molar-refractivity contribution in [3.63, 3.8) is 0 Å². The Morgan fingerprint density at radius 2 is 2.14 bits per heavy atom. The van der Waals surface area contributed by atoms with Crippen LogP contribution in [0.3, 0.4) is 0 Å². The van der Waals surface area contributed by atoms with Gasteiger partial charge in [0.2, 0.25) is 0 Å². The van der Waals surface area contributed by atoms with Gasteiger partial charge in [-0.05, 0) is 32.4 Å². The number of hydrogen-bond acceptors (Lipinski definition) is 5. The molecule has 0 radical (unpaired) electrons. The standard InChI is InChI=1S/C15H20N6O/c22-15(21-6-1-7-21)11-8-17-14-13(11)20-12(9-18-14)19-10-2-4-16-5-3-10/h8-10,16H,1-7H2,(H,17,18)(H,19,20). The van der Waals surface area contributed by atoms with Crippen molar-refractivity contribution in [3.05, 3.63) is 18.0 Å². The molecule has 2 aliphatic heterocycles. The minimum atomic E-state index is 0.0471. The quantitative estimate of drug-likeness (QED) is 0.786. The van der Waals surface area contributed by atoms with Crippen LogP contribution < -0.4 is 10.6 Å². The van der Waals surface area contributed by atoms with Crippen LogP contribution in [0.5, 0.6) is 0 Å². The van der Waals surface area contributed by atoms with Crippen molar-refractivity contribution in [2.24, 2.45) is 0 Å². The first-order chi connectivity index (χ1) is 10.8. The van der Waals surface area contributed by atoms with Gasteiger partial charge in [-0.25, -0.2) is 9.97 Å². The average Bonchev–Trinajstić information content (AvgIpc) is 2.89. The van der Waals surface area contributed by atoms with Gasteiger partial charge in [-0.15, -0.1) is 0 Å². The van der Waals surface area contributed by atoms with Gasteiger partial charge in [0.15, 0.2) is 5.65 Å². The Morgan fingerprint density at radius 3 is 2.86 bits per heavy atom. The third kappa shape index (κ3) is 2.41. The van der Waals surface area contributed by atoms with Gasteiger partial charge in [-0.2, -0.15) is 0 Å². The van der Waals surface area contributed by atoms with Gasteiger partial charge in [-0.1, -0.05) is 0 Å². The number of amides is 1. The van der Waals surface area contributed by atoms with E-state index in [4.69, 9.17) is 0 Å². The third-order valence-corrected chi connectivity index (χ3v) is 4.45. The zero-order valence-corrected chi connectivity index (χ0v) is 12.4. The lowest BCUT2D eigenvalue weighted by molar-refractivity contribution is 0.0654. The highest BCUT2D eigenvalue weighted by Crippen LogP contribution is 2.21. The Kier molecular flexibility index (Phi) is 3.42. The van der Waals surface area contributed by atoms with Gasteiger partial charge in [-0.3, -0.25) is 4.79 Å². The van der Waals surface area contributed by atoms with Gasteiger partial charge in [0.05, 0.1) is 11.8 Å². The van der Waals surface area contributed by atoms with Crippen molar-refractivity contribution in [2.75, 3.05) is 31.5 Å². The van der Waals surface area contributed by atoms with E-state index in [0.29, 0.717) is 22.8 Å². The number of likely N-dealkylation sites (tertiary alicyclic amines) is 1. The van der Waals surface area contributed by atoms with Crippen LogP contribution in [0.2, 0.25) is 0 Å². The number of nitrogens with one attached hydrogen (secondary N) is 3. The molecule has 0 unspecified atom stereocenters. The fraction of sp³-hybridized carbons (Fsp3) is 0.533. The first-order valence-corrected chi connectivity index (χ1v) is 7.92. The van der Waals surface area contributed by atoms with Gasteiger partial charge in [0.1, 0.15) is 11.3 Å². The number of anilines is 1. The molecule has 2 aromatic heterocycles. The van der Waals surface area contributed by atoms with E-state index in [1.54, 1.807) is 12.4 Å². The molecule has 0 atom stereocenters. The van der Waals surface area contributed by atoms with Crippen molar-refractivity contribution in [2.45, 2.75) is 25.3 Å². The number of H-pyrrole nitrogens is 1. The largest absolute Gasteiger partial charge is 0.366 e. The van der Waals surface area contributed by atoms with E-state index in [9.17, 15) is 4.79 Å². The molecular formula is C15H20N6O. The number of piperidine rings is 1. The van der Waals surface area contributed by atoms with Crippen molar-refractivity contribution < 1.29 is 4.79 Å². The van der Waals surface area contributed by atoms with Crippen molar-refractivity contribution in [1.29, 1.82) is 0 Å². The summed E-state index contributed by atoms with van der Waals surface area (Å²) in [4.78, 5) is 26.3. The highest BCUT2D eigenvalue weighted by atomic mass is 16.2. The molecule has 1 amide bonds. The molecule has 2 aromatic rings. The molecule has 4 rings (SSSR count). The normalized spacial score (nSPS) is 19.2. The summed E-state index contributed by atoms with van der Waals surface area (Å²) >= 11 is 0. The highest BCUT2D eigenvalue weighted by molar-refractivity contribution is 6.04. The molecule has 0 aromatic carbocycles. The minimum absolute atomic E-state index is 0.0471. The van der Waals surface area contributed by atoms with Crippen LogP contribution in [0.25, 0.3) is 11.2 Å². The number of aromatic nitrogens is 3. The maximum atomic E-state index is 12.4. The van der Waals surface area contributed by atoms with E-state index in [-0.39, 0.29) is 5.91 Å². The predicted molar refractivity (Wildman–Crippen MR) is 83.9 cm³/mol. The second kappa shape index (κ2) is 5.57. The van der Waals surface area contributed by atoms with E-state index in [0.717, 1.165) is 51.3 Å². The Bertz CT molecular complexity index is 686. The molecule has 2 aliphatic rings.